The number of para-hydroxylation sites is 2. The maximum absolute atomic E-state index is 6.26. The summed E-state index contributed by atoms with van der Waals surface area (Å²) in [5.74, 6) is 2.57. The number of benzene rings is 2. The molecule has 4 nitrogen and oxygen atoms in total. The Balaban J connectivity index is 1.17. The van der Waals surface area contributed by atoms with E-state index in [1.807, 2.05) is 24.3 Å². The monoisotopic (exact) mass is 420 g/mol. The molecule has 31 heavy (non-hydrogen) atoms. The minimum absolute atomic E-state index is 0.122. The zero-order chi connectivity index (χ0) is 21.0. The Kier molecular flexibility index (Phi) is 6.47. The smallest absolute Gasteiger partial charge is 0.161 e. The summed E-state index contributed by atoms with van der Waals surface area (Å²) in [5.41, 5.74) is 1.46. The fraction of sp³-hybridized carbons (Fsp3) is 0.556. The zero-order valence-electron chi connectivity index (χ0n) is 18.8. The van der Waals surface area contributed by atoms with Gasteiger partial charge < -0.3 is 9.47 Å². The average Bonchev–Trinajstić information content (AvgIpc) is 3.02. The standard InChI is InChI=1S/C27H36N2O2/c1-2-14-28(19-25-20-30-26-10-6-7-11-27(26)31-25)17-22-15-23-12-13-24(16-22)29(23)18-21-8-4-3-5-9-21/h3-11,22-25H,2,12-20H2,1H3. The quantitative estimate of drug-likeness (QED) is 0.601. The lowest BCUT2D eigenvalue weighted by Crippen LogP contribution is -2.47. The number of rotatable bonds is 8. The van der Waals surface area contributed by atoms with Crippen LogP contribution in [0.2, 0.25) is 0 Å². The zero-order valence-corrected chi connectivity index (χ0v) is 18.8. The van der Waals surface area contributed by atoms with Gasteiger partial charge in [0.05, 0.1) is 0 Å². The maximum Gasteiger partial charge on any atom is 0.161 e. The van der Waals surface area contributed by atoms with Gasteiger partial charge in [0.25, 0.3) is 0 Å². The summed E-state index contributed by atoms with van der Waals surface area (Å²) in [6.07, 6.45) is 6.74. The van der Waals surface area contributed by atoms with Crippen molar-refractivity contribution in [2.45, 2.75) is 63.8 Å². The molecular weight excluding hydrogens is 384 g/mol. The molecular formula is C27H36N2O2. The molecule has 0 spiro atoms. The van der Waals surface area contributed by atoms with E-state index >= 15 is 0 Å². The number of piperidine rings is 1. The van der Waals surface area contributed by atoms with Gasteiger partial charge in [0.15, 0.2) is 11.5 Å². The van der Waals surface area contributed by atoms with Crippen molar-refractivity contribution in [3.63, 3.8) is 0 Å². The van der Waals surface area contributed by atoms with Crippen molar-refractivity contribution in [2.24, 2.45) is 5.92 Å². The molecule has 2 aromatic rings. The second-order valence-electron chi connectivity index (χ2n) is 9.64. The molecule has 3 aliphatic rings. The Morgan fingerprint density at radius 3 is 2.35 bits per heavy atom. The molecule has 3 unspecified atom stereocenters. The van der Waals surface area contributed by atoms with Gasteiger partial charge in [0.2, 0.25) is 0 Å². The van der Waals surface area contributed by atoms with Gasteiger partial charge in [-0.3, -0.25) is 9.80 Å². The molecule has 4 heteroatoms. The van der Waals surface area contributed by atoms with Crippen molar-refractivity contribution < 1.29 is 9.47 Å². The molecule has 3 heterocycles. The molecule has 166 valence electrons. The van der Waals surface area contributed by atoms with Gasteiger partial charge in [-0.15, -0.1) is 0 Å². The number of hydrogen-bond acceptors (Lipinski definition) is 4. The van der Waals surface area contributed by atoms with E-state index in [9.17, 15) is 0 Å². The van der Waals surface area contributed by atoms with E-state index in [2.05, 4.69) is 47.1 Å². The summed E-state index contributed by atoms with van der Waals surface area (Å²) in [5, 5.41) is 0. The topological polar surface area (TPSA) is 24.9 Å². The molecule has 0 aliphatic carbocycles. The third-order valence-corrected chi connectivity index (χ3v) is 7.28. The first-order valence-corrected chi connectivity index (χ1v) is 12.2. The van der Waals surface area contributed by atoms with Crippen LogP contribution in [0.4, 0.5) is 0 Å². The molecule has 2 fully saturated rings. The van der Waals surface area contributed by atoms with Crippen molar-refractivity contribution >= 4 is 0 Å². The SMILES string of the molecule is CCCN(CC1CC2CCC(C1)N2Cc1ccccc1)CC1COc2ccccc2O1. The lowest BCUT2D eigenvalue weighted by Gasteiger charge is -2.41. The summed E-state index contributed by atoms with van der Waals surface area (Å²) >= 11 is 0. The van der Waals surface area contributed by atoms with Crippen molar-refractivity contribution in [1.29, 1.82) is 0 Å². The Morgan fingerprint density at radius 2 is 1.61 bits per heavy atom. The lowest BCUT2D eigenvalue weighted by atomic mass is 9.89. The fourth-order valence-corrected chi connectivity index (χ4v) is 5.97. The van der Waals surface area contributed by atoms with E-state index in [1.165, 1.54) is 44.2 Å². The second kappa shape index (κ2) is 9.62. The molecule has 0 saturated carbocycles. The van der Waals surface area contributed by atoms with Crippen molar-refractivity contribution in [3.05, 3.63) is 60.2 Å². The number of hydrogen-bond donors (Lipinski definition) is 0. The van der Waals surface area contributed by atoms with Crippen LogP contribution in [0.15, 0.2) is 54.6 Å². The van der Waals surface area contributed by atoms with E-state index in [0.717, 1.165) is 49.1 Å². The van der Waals surface area contributed by atoms with Crippen LogP contribution in [0.3, 0.4) is 0 Å². The summed E-state index contributed by atoms with van der Waals surface area (Å²) in [4.78, 5) is 5.43. The highest BCUT2D eigenvalue weighted by Gasteiger charge is 2.41. The van der Waals surface area contributed by atoms with E-state index in [0.29, 0.717) is 6.61 Å². The van der Waals surface area contributed by atoms with Gasteiger partial charge in [0, 0.05) is 31.7 Å². The summed E-state index contributed by atoms with van der Waals surface area (Å²) in [6.45, 7) is 7.35. The Hall–Kier alpha value is -2.04. The van der Waals surface area contributed by atoms with Gasteiger partial charge in [0.1, 0.15) is 12.7 Å². The molecule has 2 bridgehead atoms. The number of fused-ring (bicyclic) bond motifs is 3. The highest BCUT2D eigenvalue weighted by molar-refractivity contribution is 5.40. The first-order chi connectivity index (χ1) is 15.3. The third-order valence-electron chi connectivity index (χ3n) is 7.28. The largest absolute Gasteiger partial charge is 0.486 e. The number of nitrogens with zero attached hydrogens (tertiary/aromatic N) is 2. The molecule has 5 rings (SSSR count). The molecule has 2 saturated heterocycles. The van der Waals surface area contributed by atoms with Crippen LogP contribution in [0.1, 0.15) is 44.6 Å². The molecule has 0 radical (unpaired) electrons. The third kappa shape index (κ3) is 4.91. The number of ether oxygens (including phenoxy) is 2. The van der Waals surface area contributed by atoms with Gasteiger partial charge in [-0.2, -0.15) is 0 Å². The highest BCUT2D eigenvalue weighted by Crippen LogP contribution is 2.40. The van der Waals surface area contributed by atoms with Gasteiger partial charge in [-0.05, 0) is 62.3 Å². The first kappa shape index (κ1) is 20.8. The normalized spacial score (nSPS) is 27.5. The Labute approximate surface area is 187 Å². The van der Waals surface area contributed by atoms with Gasteiger partial charge in [-0.25, -0.2) is 0 Å². The van der Waals surface area contributed by atoms with Crippen LogP contribution in [-0.2, 0) is 6.54 Å². The van der Waals surface area contributed by atoms with Gasteiger partial charge in [-0.1, -0.05) is 49.4 Å². The van der Waals surface area contributed by atoms with Crippen LogP contribution in [0.5, 0.6) is 11.5 Å². The van der Waals surface area contributed by atoms with E-state index in [1.54, 1.807) is 0 Å². The van der Waals surface area contributed by atoms with Crippen LogP contribution in [0, 0.1) is 5.92 Å². The minimum Gasteiger partial charge on any atom is -0.486 e. The second-order valence-corrected chi connectivity index (χ2v) is 9.64. The molecule has 3 aliphatic heterocycles. The van der Waals surface area contributed by atoms with Gasteiger partial charge >= 0.3 is 0 Å². The molecule has 0 aromatic heterocycles. The average molecular weight is 421 g/mol. The summed E-state index contributed by atoms with van der Waals surface area (Å²) in [7, 11) is 0. The van der Waals surface area contributed by atoms with Crippen molar-refractivity contribution in [1.82, 2.24) is 9.80 Å². The Bertz CT molecular complexity index is 828. The van der Waals surface area contributed by atoms with Crippen LogP contribution >= 0.6 is 0 Å². The molecule has 3 atom stereocenters. The highest BCUT2D eigenvalue weighted by atomic mass is 16.6. The molecule has 0 N–H and O–H groups in total. The van der Waals surface area contributed by atoms with Crippen molar-refractivity contribution in [3.8, 4) is 11.5 Å². The van der Waals surface area contributed by atoms with Crippen LogP contribution in [-0.4, -0.2) is 54.2 Å². The Morgan fingerprint density at radius 1 is 0.903 bits per heavy atom. The predicted octanol–water partition coefficient (Wildman–Crippen LogP) is 4.98. The fourth-order valence-electron chi connectivity index (χ4n) is 5.97. The van der Waals surface area contributed by atoms with Crippen molar-refractivity contribution in [2.75, 3.05) is 26.2 Å². The molecule has 0 amide bonds. The maximum atomic E-state index is 6.26. The summed E-state index contributed by atoms with van der Waals surface area (Å²) in [6, 6.07) is 20.6. The van der Waals surface area contributed by atoms with E-state index in [-0.39, 0.29) is 6.10 Å². The van der Waals surface area contributed by atoms with Crippen LogP contribution in [0.25, 0.3) is 0 Å². The van der Waals surface area contributed by atoms with E-state index < -0.39 is 0 Å². The minimum atomic E-state index is 0.122. The van der Waals surface area contributed by atoms with Crippen LogP contribution < -0.4 is 9.47 Å². The lowest BCUT2D eigenvalue weighted by molar-refractivity contribution is 0.0387. The summed E-state index contributed by atoms with van der Waals surface area (Å²) < 4.78 is 12.2. The van der Waals surface area contributed by atoms with E-state index in [4.69, 9.17) is 9.47 Å². The predicted molar refractivity (Wildman–Crippen MR) is 125 cm³/mol. The first-order valence-electron chi connectivity index (χ1n) is 12.2. The molecule has 2 aromatic carbocycles.